The maximum absolute atomic E-state index is 14.2. The van der Waals surface area contributed by atoms with E-state index in [0.29, 0.717) is 48.3 Å². The summed E-state index contributed by atoms with van der Waals surface area (Å²) in [6.07, 6.45) is -3.43. The monoisotopic (exact) mass is 645 g/mol. The molecule has 2 saturated heterocycles. The van der Waals surface area contributed by atoms with Crippen LogP contribution in [0.1, 0.15) is 49.6 Å². The van der Waals surface area contributed by atoms with Crippen molar-refractivity contribution in [3.63, 3.8) is 0 Å². The van der Waals surface area contributed by atoms with E-state index in [2.05, 4.69) is 9.97 Å². The lowest BCUT2D eigenvalue weighted by Gasteiger charge is -2.50. The average Bonchev–Trinajstić information content (AvgIpc) is 3.02. The number of aromatic nitrogens is 3. The molecule has 0 aliphatic carbocycles. The standard InChI is InChI=1S/C30H34F3N7O4S/c1-4-22-18-40(27-25-24(37(3)29(42)36-27)11-10-21(16-34)35-25)23(5-2)17-39(22)26(19-6-8-20(9-7-19)30(31,32)33)28(41)38-12-14-45(43,44)15-13-38/h6-11,22-23,26H,4-5,12-15,17-18H2,1-3H3/t22-,23+,26?/m1/s1. The molecule has 0 saturated carbocycles. The van der Waals surface area contributed by atoms with Gasteiger partial charge >= 0.3 is 11.9 Å². The second kappa shape index (κ2) is 12.4. The lowest BCUT2D eigenvalue weighted by Crippen LogP contribution is -2.61. The molecule has 45 heavy (non-hydrogen) atoms. The zero-order valence-electron chi connectivity index (χ0n) is 25.2. The van der Waals surface area contributed by atoms with Gasteiger partial charge in [-0.15, -0.1) is 0 Å². The first-order valence-electron chi connectivity index (χ1n) is 14.7. The molecule has 3 aromatic rings. The summed E-state index contributed by atoms with van der Waals surface area (Å²) in [7, 11) is -1.71. The molecule has 0 radical (unpaired) electrons. The highest BCUT2D eigenvalue weighted by molar-refractivity contribution is 7.91. The number of rotatable bonds is 6. The molecule has 1 aromatic carbocycles. The fourth-order valence-corrected chi connectivity index (χ4v) is 7.37. The Hall–Kier alpha value is -4.03. The Morgan fingerprint density at radius 1 is 1.02 bits per heavy atom. The van der Waals surface area contributed by atoms with Crippen molar-refractivity contribution in [1.82, 2.24) is 24.3 Å². The lowest BCUT2D eigenvalue weighted by atomic mass is 9.94. The van der Waals surface area contributed by atoms with Crippen LogP contribution in [-0.2, 0) is 27.9 Å². The fourth-order valence-electron chi connectivity index (χ4n) is 6.17. The van der Waals surface area contributed by atoms with Crippen molar-refractivity contribution in [1.29, 1.82) is 5.26 Å². The number of hydrogen-bond donors (Lipinski definition) is 0. The number of pyridine rings is 1. The van der Waals surface area contributed by atoms with E-state index in [0.717, 1.165) is 12.1 Å². The molecule has 2 aromatic heterocycles. The van der Waals surface area contributed by atoms with E-state index >= 15 is 0 Å². The molecule has 11 nitrogen and oxygen atoms in total. The van der Waals surface area contributed by atoms with Crippen LogP contribution >= 0.6 is 0 Å². The Morgan fingerprint density at radius 3 is 2.24 bits per heavy atom. The zero-order valence-corrected chi connectivity index (χ0v) is 26.0. The number of hydrogen-bond acceptors (Lipinski definition) is 9. The van der Waals surface area contributed by atoms with Gasteiger partial charge in [0, 0.05) is 45.3 Å². The van der Waals surface area contributed by atoms with Gasteiger partial charge in [-0.25, -0.2) is 18.2 Å². The number of anilines is 1. The van der Waals surface area contributed by atoms with Crippen LogP contribution < -0.4 is 10.6 Å². The van der Waals surface area contributed by atoms with E-state index in [1.54, 1.807) is 13.1 Å². The number of benzene rings is 1. The van der Waals surface area contributed by atoms with Crippen LogP contribution in [-0.4, -0.2) is 88.4 Å². The second-order valence-electron chi connectivity index (χ2n) is 11.4. The third-order valence-corrected chi connectivity index (χ3v) is 10.4. The number of piperazine rings is 1. The highest BCUT2D eigenvalue weighted by Crippen LogP contribution is 2.36. The number of aryl methyl sites for hydroxylation is 1. The number of nitriles is 1. The Bertz CT molecular complexity index is 1790. The van der Waals surface area contributed by atoms with Crippen LogP contribution in [0.5, 0.6) is 0 Å². The molecule has 3 atom stereocenters. The summed E-state index contributed by atoms with van der Waals surface area (Å²) in [6.45, 7) is 4.51. The molecule has 2 aliphatic heterocycles. The van der Waals surface area contributed by atoms with Gasteiger partial charge in [-0.05, 0) is 42.7 Å². The van der Waals surface area contributed by atoms with E-state index in [-0.39, 0.29) is 48.3 Å². The summed E-state index contributed by atoms with van der Waals surface area (Å²) in [5.74, 6) is -0.404. The van der Waals surface area contributed by atoms with E-state index in [1.165, 1.54) is 27.7 Å². The summed E-state index contributed by atoms with van der Waals surface area (Å²) >= 11 is 0. The van der Waals surface area contributed by atoms with Crippen LogP contribution in [0, 0.1) is 11.3 Å². The van der Waals surface area contributed by atoms with Crippen molar-refractivity contribution in [2.24, 2.45) is 7.05 Å². The first-order chi connectivity index (χ1) is 21.3. The van der Waals surface area contributed by atoms with E-state index in [9.17, 15) is 36.4 Å². The van der Waals surface area contributed by atoms with Gasteiger partial charge in [0.2, 0.25) is 5.91 Å². The molecule has 240 valence electrons. The molecule has 0 bridgehead atoms. The molecule has 1 unspecified atom stereocenters. The highest BCUT2D eigenvalue weighted by atomic mass is 32.2. The topological polar surface area (TPSA) is 132 Å². The molecule has 15 heteroatoms. The van der Waals surface area contributed by atoms with Gasteiger partial charge in [0.1, 0.15) is 23.3 Å². The molecule has 2 aliphatic rings. The third-order valence-electron chi connectivity index (χ3n) is 8.78. The lowest BCUT2D eigenvalue weighted by molar-refractivity contribution is -0.138. The van der Waals surface area contributed by atoms with Gasteiger partial charge in [-0.3, -0.25) is 14.3 Å². The molecular weight excluding hydrogens is 611 g/mol. The Labute approximate surface area is 258 Å². The predicted octanol–water partition coefficient (Wildman–Crippen LogP) is 2.90. The van der Waals surface area contributed by atoms with Crippen LogP contribution in [0.15, 0.2) is 41.2 Å². The van der Waals surface area contributed by atoms with E-state index in [4.69, 9.17) is 0 Å². The number of carbonyl (C=O) groups excluding carboxylic acids is 1. The molecule has 4 heterocycles. The minimum atomic E-state index is -4.55. The summed E-state index contributed by atoms with van der Waals surface area (Å²) in [5, 5.41) is 9.50. The number of halogens is 3. The van der Waals surface area contributed by atoms with Crippen molar-refractivity contribution in [3.05, 3.63) is 63.7 Å². The SMILES string of the molecule is CC[C@H]1CN(C(C(=O)N2CCS(=O)(=O)CC2)c2ccc(C(F)(F)F)cc2)[C@H](CC)CN1c1nc(=O)n(C)c2ccc(C#N)nc12. The number of alkyl halides is 3. The molecule has 0 N–H and O–H groups in total. The van der Waals surface area contributed by atoms with Gasteiger partial charge in [0.05, 0.1) is 22.6 Å². The largest absolute Gasteiger partial charge is 0.416 e. The third kappa shape index (κ3) is 6.39. The van der Waals surface area contributed by atoms with Crippen LogP contribution in [0.3, 0.4) is 0 Å². The van der Waals surface area contributed by atoms with E-state index < -0.39 is 33.3 Å². The molecule has 5 rings (SSSR count). The minimum Gasteiger partial charge on any atom is -0.349 e. The smallest absolute Gasteiger partial charge is 0.349 e. The van der Waals surface area contributed by atoms with Gasteiger partial charge < -0.3 is 9.80 Å². The normalized spacial score (nSPS) is 21.4. The molecular formula is C30H34F3N7O4S. The number of fused-ring (bicyclic) bond motifs is 1. The van der Waals surface area contributed by atoms with Crippen LogP contribution in [0.4, 0.5) is 19.0 Å². The fraction of sp³-hybridized carbons (Fsp3) is 0.500. The molecule has 0 spiro atoms. The molecule has 2 fully saturated rings. The van der Waals surface area contributed by atoms with Crippen LogP contribution in [0.2, 0.25) is 0 Å². The van der Waals surface area contributed by atoms with Crippen molar-refractivity contribution >= 4 is 32.6 Å². The van der Waals surface area contributed by atoms with Gasteiger partial charge in [0.15, 0.2) is 15.7 Å². The highest BCUT2D eigenvalue weighted by Gasteiger charge is 2.43. The van der Waals surface area contributed by atoms with Crippen molar-refractivity contribution in [2.75, 3.05) is 42.6 Å². The summed E-state index contributed by atoms with van der Waals surface area (Å²) < 4.78 is 65.9. The number of nitrogens with zero attached hydrogens (tertiary/aromatic N) is 7. The summed E-state index contributed by atoms with van der Waals surface area (Å²) in [5.41, 5.74) is 0.111. The zero-order chi connectivity index (χ0) is 32.7. The van der Waals surface area contributed by atoms with Gasteiger partial charge in [-0.2, -0.15) is 23.4 Å². The molecule has 1 amide bonds. The quantitative estimate of drug-likeness (QED) is 0.397. The number of amides is 1. The predicted molar refractivity (Wildman–Crippen MR) is 161 cm³/mol. The maximum atomic E-state index is 14.2. The minimum absolute atomic E-state index is 0.00236. The number of carbonyl (C=O) groups is 1. The first-order valence-corrected chi connectivity index (χ1v) is 16.6. The van der Waals surface area contributed by atoms with Crippen molar-refractivity contribution in [3.8, 4) is 6.07 Å². The van der Waals surface area contributed by atoms with Crippen molar-refractivity contribution in [2.45, 2.75) is 51.0 Å². The van der Waals surface area contributed by atoms with E-state index in [1.807, 2.05) is 29.7 Å². The summed E-state index contributed by atoms with van der Waals surface area (Å²) in [4.78, 5) is 41.4. The van der Waals surface area contributed by atoms with Gasteiger partial charge in [0.25, 0.3) is 0 Å². The summed E-state index contributed by atoms with van der Waals surface area (Å²) in [6, 6.07) is 8.20. The van der Waals surface area contributed by atoms with Crippen molar-refractivity contribution < 1.29 is 26.4 Å². The van der Waals surface area contributed by atoms with Gasteiger partial charge in [-0.1, -0.05) is 26.0 Å². The Kier molecular flexibility index (Phi) is 8.92. The second-order valence-corrected chi connectivity index (χ2v) is 13.7. The maximum Gasteiger partial charge on any atom is 0.416 e. The number of sulfone groups is 1. The van der Waals surface area contributed by atoms with Crippen LogP contribution in [0.25, 0.3) is 11.0 Å². The Balaban J connectivity index is 1.57. The first kappa shape index (κ1) is 32.4. The average molecular weight is 646 g/mol. The Morgan fingerprint density at radius 2 is 1.67 bits per heavy atom.